The molecule has 1 fully saturated rings. The molecule has 0 bridgehead atoms. The fourth-order valence-corrected chi connectivity index (χ4v) is 4.55. The molecule has 1 aromatic carbocycles. The van der Waals surface area contributed by atoms with Crippen LogP contribution in [0, 0.1) is 11.6 Å². The molecule has 0 amide bonds. The van der Waals surface area contributed by atoms with Crippen LogP contribution in [-0.4, -0.2) is 45.3 Å². The molecule has 4 heterocycles. The third-order valence-electron chi connectivity index (χ3n) is 6.37. The lowest BCUT2D eigenvalue weighted by Gasteiger charge is -2.39. The Kier molecular flexibility index (Phi) is 6.30. The summed E-state index contributed by atoms with van der Waals surface area (Å²) in [6.45, 7) is 5.25. The molecule has 176 valence electrons. The Labute approximate surface area is 196 Å². The van der Waals surface area contributed by atoms with Gasteiger partial charge in [-0.15, -0.1) is 0 Å². The standard InChI is InChI=1S/C25H25F2N5O2/c1-2-34-31-23(18-3-4-21(26)22(27)11-18)24-29-12-17(13-30-24)15-32-9-6-25(7-10-32)20-14-28-8-5-19(20)16-33-25/h3-5,8,11-14H,2,6-7,9-10,15-16H2,1H3. The Bertz CT molecular complexity index is 1190. The minimum absolute atomic E-state index is 0.227. The van der Waals surface area contributed by atoms with Gasteiger partial charge in [0.2, 0.25) is 0 Å². The van der Waals surface area contributed by atoms with E-state index >= 15 is 0 Å². The van der Waals surface area contributed by atoms with Gasteiger partial charge in [0, 0.05) is 61.1 Å². The van der Waals surface area contributed by atoms with Crippen molar-refractivity contribution in [2.24, 2.45) is 5.16 Å². The molecule has 1 saturated heterocycles. The summed E-state index contributed by atoms with van der Waals surface area (Å²) in [7, 11) is 0. The summed E-state index contributed by atoms with van der Waals surface area (Å²) in [5.74, 6) is -1.61. The lowest BCUT2D eigenvalue weighted by atomic mass is 9.84. The number of pyridine rings is 1. The lowest BCUT2D eigenvalue weighted by molar-refractivity contribution is -0.0800. The summed E-state index contributed by atoms with van der Waals surface area (Å²) in [6.07, 6.45) is 9.05. The summed E-state index contributed by atoms with van der Waals surface area (Å²) in [5.41, 5.74) is 3.77. The van der Waals surface area contributed by atoms with Crippen LogP contribution in [0.4, 0.5) is 8.78 Å². The predicted octanol–water partition coefficient (Wildman–Crippen LogP) is 3.96. The van der Waals surface area contributed by atoms with Crippen molar-refractivity contribution in [2.45, 2.75) is 38.5 Å². The monoisotopic (exact) mass is 465 g/mol. The van der Waals surface area contributed by atoms with Crippen LogP contribution >= 0.6 is 0 Å². The first-order valence-corrected chi connectivity index (χ1v) is 11.3. The summed E-state index contributed by atoms with van der Waals surface area (Å²) in [6, 6.07) is 5.58. The molecule has 3 aromatic rings. The maximum absolute atomic E-state index is 13.8. The largest absolute Gasteiger partial charge is 0.396 e. The highest BCUT2D eigenvalue weighted by Crippen LogP contribution is 2.43. The number of hydrogen-bond acceptors (Lipinski definition) is 7. The van der Waals surface area contributed by atoms with Gasteiger partial charge in [-0.1, -0.05) is 5.16 Å². The van der Waals surface area contributed by atoms with Crippen molar-refractivity contribution in [3.63, 3.8) is 0 Å². The van der Waals surface area contributed by atoms with Crippen molar-refractivity contribution in [1.29, 1.82) is 0 Å². The van der Waals surface area contributed by atoms with Gasteiger partial charge in [0.1, 0.15) is 6.61 Å². The maximum atomic E-state index is 13.8. The third kappa shape index (κ3) is 4.41. The summed E-state index contributed by atoms with van der Waals surface area (Å²) >= 11 is 0. The van der Waals surface area contributed by atoms with Crippen LogP contribution in [0.1, 0.15) is 47.8 Å². The SMILES string of the molecule is CCON=C(c1ccc(F)c(F)c1)c1ncc(CN2CCC3(CC2)OCc2ccncc23)cn1. The molecule has 5 rings (SSSR count). The molecule has 34 heavy (non-hydrogen) atoms. The molecule has 1 spiro atoms. The number of benzene rings is 1. The van der Waals surface area contributed by atoms with Crippen LogP contribution in [0.25, 0.3) is 0 Å². The molecule has 0 aliphatic carbocycles. The molecule has 9 heteroatoms. The molecule has 2 aromatic heterocycles. The third-order valence-corrected chi connectivity index (χ3v) is 6.37. The molecular weight excluding hydrogens is 440 g/mol. The minimum atomic E-state index is -0.967. The fourth-order valence-electron chi connectivity index (χ4n) is 4.55. The predicted molar refractivity (Wildman–Crippen MR) is 121 cm³/mol. The van der Waals surface area contributed by atoms with Crippen molar-refractivity contribution in [3.05, 3.63) is 88.8 Å². The van der Waals surface area contributed by atoms with E-state index in [4.69, 9.17) is 9.57 Å². The van der Waals surface area contributed by atoms with E-state index in [1.54, 1.807) is 19.3 Å². The van der Waals surface area contributed by atoms with Crippen molar-refractivity contribution in [2.75, 3.05) is 19.7 Å². The second-order valence-electron chi connectivity index (χ2n) is 8.49. The number of hydrogen-bond donors (Lipinski definition) is 0. The van der Waals surface area contributed by atoms with Gasteiger partial charge in [0.15, 0.2) is 23.2 Å². The highest BCUT2D eigenvalue weighted by atomic mass is 19.2. The van der Waals surface area contributed by atoms with Crippen LogP contribution in [-0.2, 0) is 28.3 Å². The maximum Gasteiger partial charge on any atom is 0.182 e. The zero-order valence-corrected chi connectivity index (χ0v) is 18.9. The van der Waals surface area contributed by atoms with Crippen LogP contribution < -0.4 is 0 Å². The van der Waals surface area contributed by atoms with Crippen LogP contribution in [0.5, 0.6) is 0 Å². The molecule has 0 atom stereocenters. The Balaban J connectivity index is 1.27. The highest BCUT2D eigenvalue weighted by Gasteiger charge is 2.42. The van der Waals surface area contributed by atoms with E-state index in [-0.39, 0.29) is 17.1 Å². The normalized spacial score (nSPS) is 17.7. The zero-order valence-electron chi connectivity index (χ0n) is 18.9. The van der Waals surface area contributed by atoms with E-state index in [1.807, 2.05) is 18.5 Å². The average molecular weight is 466 g/mol. The Morgan fingerprint density at radius 2 is 1.91 bits per heavy atom. The Morgan fingerprint density at radius 1 is 1.12 bits per heavy atom. The van der Waals surface area contributed by atoms with E-state index in [0.29, 0.717) is 25.3 Å². The van der Waals surface area contributed by atoms with Crippen molar-refractivity contribution in [1.82, 2.24) is 19.9 Å². The number of oxime groups is 1. The highest BCUT2D eigenvalue weighted by molar-refractivity contribution is 6.10. The number of piperidine rings is 1. The van der Waals surface area contributed by atoms with Crippen LogP contribution in [0.15, 0.2) is 54.2 Å². The smallest absolute Gasteiger partial charge is 0.182 e. The summed E-state index contributed by atoms with van der Waals surface area (Å²) in [4.78, 5) is 20.7. The van der Waals surface area contributed by atoms with E-state index < -0.39 is 11.6 Å². The van der Waals surface area contributed by atoms with E-state index in [0.717, 1.165) is 43.6 Å². The van der Waals surface area contributed by atoms with Gasteiger partial charge in [-0.3, -0.25) is 9.88 Å². The molecule has 2 aliphatic heterocycles. The number of fused-ring (bicyclic) bond motifs is 2. The molecule has 2 aliphatic rings. The van der Waals surface area contributed by atoms with Gasteiger partial charge in [-0.2, -0.15) is 0 Å². The quantitative estimate of drug-likeness (QED) is 0.405. The summed E-state index contributed by atoms with van der Waals surface area (Å²) in [5, 5.41) is 4.03. The molecular formula is C25H25F2N5O2. The number of rotatable bonds is 6. The molecule has 7 nitrogen and oxygen atoms in total. The molecule has 0 N–H and O–H groups in total. The van der Waals surface area contributed by atoms with E-state index in [2.05, 4.69) is 25.0 Å². The van der Waals surface area contributed by atoms with E-state index in [1.165, 1.54) is 17.2 Å². The van der Waals surface area contributed by atoms with E-state index in [9.17, 15) is 8.78 Å². The molecule has 0 radical (unpaired) electrons. The number of halogens is 2. The van der Waals surface area contributed by atoms with Gasteiger partial charge in [0.05, 0.1) is 12.2 Å². The summed E-state index contributed by atoms with van der Waals surface area (Å²) < 4.78 is 33.3. The minimum Gasteiger partial charge on any atom is -0.396 e. The molecule has 0 saturated carbocycles. The zero-order chi connectivity index (χ0) is 23.5. The number of aromatic nitrogens is 3. The number of ether oxygens (including phenoxy) is 1. The van der Waals surface area contributed by atoms with Crippen molar-refractivity contribution in [3.8, 4) is 0 Å². The second kappa shape index (κ2) is 9.52. The average Bonchev–Trinajstić information content (AvgIpc) is 3.22. The van der Waals surface area contributed by atoms with Gasteiger partial charge >= 0.3 is 0 Å². The van der Waals surface area contributed by atoms with Crippen LogP contribution in [0.3, 0.4) is 0 Å². The Morgan fingerprint density at radius 3 is 2.65 bits per heavy atom. The topological polar surface area (TPSA) is 72.7 Å². The van der Waals surface area contributed by atoms with Gasteiger partial charge in [0.25, 0.3) is 0 Å². The molecule has 0 unspecified atom stereocenters. The first-order valence-electron chi connectivity index (χ1n) is 11.3. The van der Waals surface area contributed by atoms with Crippen molar-refractivity contribution >= 4 is 5.71 Å². The lowest BCUT2D eigenvalue weighted by Crippen LogP contribution is -2.42. The number of nitrogens with zero attached hydrogens (tertiary/aromatic N) is 5. The first-order chi connectivity index (χ1) is 16.6. The van der Waals surface area contributed by atoms with Gasteiger partial charge in [-0.05, 0) is 49.6 Å². The van der Waals surface area contributed by atoms with Crippen molar-refractivity contribution < 1.29 is 18.4 Å². The van der Waals surface area contributed by atoms with Gasteiger partial charge in [-0.25, -0.2) is 18.7 Å². The Hall–Kier alpha value is -3.30. The number of likely N-dealkylation sites (tertiary alicyclic amines) is 1. The van der Waals surface area contributed by atoms with Gasteiger partial charge < -0.3 is 9.57 Å². The van der Waals surface area contributed by atoms with Crippen LogP contribution in [0.2, 0.25) is 0 Å². The fraction of sp³-hybridized carbons (Fsp3) is 0.360. The first kappa shape index (κ1) is 22.5. The second-order valence-corrected chi connectivity index (χ2v) is 8.49.